The van der Waals surface area contributed by atoms with Gasteiger partial charge in [-0.1, -0.05) is 45.2 Å². The first-order valence-electron chi connectivity index (χ1n) is 5.68. The van der Waals surface area contributed by atoms with Gasteiger partial charge in [-0.3, -0.25) is 0 Å². The first-order chi connectivity index (χ1) is 9.47. The van der Waals surface area contributed by atoms with Gasteiger partial charge in [0.1, 0.15) is 0 Å². The smallest absolute Gasteiger partial charge is 0.335 e. The van der Waals surface area contributed by atoms with Gasteiger partial charge >= 0.3 is 5.97 Å². The Balaban J connectivity index is 2.10. The summed E-state index contributed by atoms with van der Waals surface area (Å²) >= 11 is 15.1. The van der Waals surface area contributed by atoms with Crippen LogP contribution in [0.4, 0.5) is 5.69 Å². The molecule has 2 N–H and O–H groups in total. The van der Waals surface area contributed by atoms with E-state index in [1.807, 2.05) is 6.07 Å². The van der Waals surface area contributed by atoms with E-state index in [1.54, 1.807) is 30.3 Å². The molecule has 0 amide bonds. The van der Waals surface area contributed by atoms with Crippen LogP contribution in [0.2, 0.25) is 10.0 Å². The van der Waals surface area contributed by atoms with Crippen molar-refractivity contribution in [3.05, 3.63) is 62.0 Å². The maximum Gasteiger partial charge on any atom is 0.335 e. The van der Waals surface area contributed by atoms with Gasteiger partial charge in [0.05, 0.1) is 15.6 Å². The summed E-state index contributed by atoms with van der Waals surface area (Å²) in [4.78, 5) is 10.8. The molecule has 2 aromatic rings. The lowest BCUT2D eigenvalue weighted by molar-refractivity contribution is 0.0697. The fourth-order valence-corrected chi connectivity index (χ4v) is 2.44. The third-order valence-electron chi connectivity index (χ3n) is 2.70. The Morgan fingerprint density at radius 3 is 2.50 bits per heavy atom. The number of hydrogen-bond acceptors (Lipinski definition) is 2. The number of halogens is 3. The van der Waals surface area contributed by atoms with Crippen LogP contribution in [-0.4, -0.2) is 11.1 Å². The monoisotopic (exact) mass is 373 g/mol. The highest BCUT2D eigenvalue weighted by molar-refractivity contribution is 9.10. The predicted octanol–water partition coefficient (Wildman–Crippen LogP) is 5.07. The van der Waals surface area contributed by atoms with E-state index in [-0.39, 0.29) is 5.56 Å². The number of carboxylic acids is 1. The van der Waals surface area contributed by atoms with Gasteiger partial charge in [-0.2, -0.15) is 0 Å². The van der Waals surface area contributed by atoms with Crippen LogP contribution in [0.15, 0.2) is 40.9 Å². The standard InChI is InChI=1S/C14H10BrCl2NO2/c15-11-5-8(14(19)20)1-2-9(11)7-18-10-3-4-12(16)13(17)6-10/h1-6,18H,7H2,(H,19,20). The predicted molar refractivity (Wildman–Crippen MR) is 84.9 cm³/mol. The van der Waals surface area contributed by atoms with Crippen LogP contribution in [0.5, 0.6) is 0 Å². The highest BCUT2D eigenvalue weighted by Crippen LogP contribution is 2.26. The van der Waals surface area contributed by atoms with Crippen molar-refractivity contribution in [1.29, 1.82) is 0 Å². The number of benzene rings is 2. The van der Waals surface area contributed by atoms with Gasteiger partial charge in [0.15, 0.2) is 0 Å². The molecule has 0 saturated carbocycles. The molecular weight excluding hydrogens is 365 g/mol. The molecule has 0 radical (unpaired) electrons. The molecule has 104 valence electrons. The minimum Gasteiger partial charge on any atom is -0.478 e. The van der Waals surface area contributed by atoms with E-state index in [4.69, 9.17) is 28.3 Å². The third-order valence-corrected chi connectivity index (χ3v) is 4.18. The molecule has 0 saturated heterocycles. The van der Waals surface area contributed by atoms with Crippen molar-refractivity contribution in [1.82, 2.24) is 0 Å². The summed E-state index contributed by atoms with van der Waals surface area (Å²) in [6.07, 6.45) is 0. The summed E-state index contributed by atoms with van der Waals surface area (Å²) in [5, 5.41) is 13.1. The molecule has 0 heterocycles. The zero-order valence-corrected chi connectivity index (χ0v) is 13.3. The largest absolute Gasteiger partial charge is 0.478 e. The molecule has 0 aromatic heterocycles. The lowest BCUT2D eigenvalue weighted by Crippen LogP contribution is -2.02. The molecule has 0 unspecified atom stereocenters. The molecule has 0 aliphatic heterocycles. The van der Waals surface area contributed by atoms with Gasteiger partial charge in [0.2, 0.25) is 0 Å². The van der Waals surface area contributed by atoms with Crippen molar-refractivity contribution in [3.8, 4) is 0 Å². The van der Waals surface area contributed by atoms with E-state index in [0.717, 1.165) is 15.7 Å². The summed E-state index contributed by atoms with van der Waals surface area (Å²) < 4.78 is 0.741. The van der Waals surface area contributed by atoms with E-state index < -0.39 is 5.97 Å². The molecular formula is C14H10BrCl2NO2. The second kappa shape index (κ2) is 6.48. The van der Waals surface area contributed by atoms with Crippen molar-refractivity contribution in [2.75, 3.05) is 5.32 Å². The van der Waals surface area contributed by atoms with E-state index in [0.29, 0.717) is 16.6 Å². The van der Waals surface area contributed by atoms with Crippen LogP contribution in [0.25, 0.3) is 0 Å². The van der Waals surface area contributed by atoms with Crippen LogP contribution in [0.1, 0.15) is 15.9 Å². The van der Waals surface area contributed by atoms with Crippen LogP contribution < -0.4 is 5.32 Å². The summed E-state index contributed by atoms with van der Waals surface area (Å²) in [6, 6.07) is 10.2. The SMILES string of the molecule is O=C(O)c1ccc(CNc2ccc(Cl)c(Cl)c2)c(Br)c1. The molecule has 2 rings (SSSR count). The van der Waals surface area contributed by atoms with Gasteiger partial charge in [-0.05, 0) is 35.9 Å². The van der Waals surface area contributed by atoms with Crippen molar-refractivity contribution < 1.29 is 9.90 Å². The van der Waals surface area contributed by atoms with Crippen LogP contribution in [-0.2, 0) is 6.54 Å². The first kappa shape index (κ1) is 15.2. The Bertz CT molecular complexity index is 662. The zero-order chi connectivity index (χ0) is 14.7. The Morgan fingerprint density at radius 2 is 1.90 bits per heavy atom. The summed E-state index contributed by atoms with van der Waals surface area (Å²) in [5.74, 6) is -0.949. The lowest BCUT2D eigenvalue weighted by atomic mass is 10.1. The number of nitrogens with one attached hydrogen (secondary N) is 1. The van der Waals surface area contributed by atoms with Gasteiger partial charge in [0.25, 0.3) is 0 Å². The highest BCUT2D eigenvalue weighted by Gasteiger charge is 2.07. The number of rotatable bonds is 4. The van der Waals surface area contributed by atoms with Crippen LogP contribution in [0.3, 0.4) is 0 Å². The van der Waals surface area contributed by atoms with Gasteiger partial charge in [-0.15, -0.1) is 0 Å². The van der Waals surface area contributed by atoms with Gasteiger partial charge in [-0.25, -0.2) is 4.79 Å². The topological polar surface area (TPSA) is 49.3 Å². The fourth-order valence-electron chi connectivity index (χ4n) is 1.63. The average Bonchev–Trinajstić information content (AvgIpc) is 2.41. The molecule has 0 aliphatic carbocycles. The summed E-state index contributed by atoms with van der Waals surface area (Å²) in [6.45, 7) is 0.540. The Labute approximate surface area is 134 Å². The van der Waals surface area contributed by atoms with E-state index in [2.05, 4.69) is 21.2 Å². The highest BCUT2D eigenvalue weighted by atomic mass is 79.9. The molecule has 0 aliphatic rings. The maximum atomic E-state index is 10.8. The summed E-state index contributed by atoms with van der Waals surface area (Å²) in [5.41, 5.74) is 2.03. The quantitative estimate of drug-likeness (QED) is 0.785. The Hall–Kier alpha value is -1.23. The van der Waals surface area contributed by atoms with E-state index in [1.165, 1.54) is 0 Å². The van der Waals surface area contributed by atoms with Crippen molar-refractivity contribution >= 4 is 50.8 Å². The number of carbonyl (C=O) groups is 1. The number of carboxylic acid groups (broad SMARTS) is 1. The normalized spacial score (nSPS) is 10.3. The Kier molecular flexibility index (Phi) is 4.91. The molecule has 3 nitrogen and oxygen atoms in total. The van der Waals surface area contributed by atoms with E-state index >= 15 is 0 Å². The minimum atomic E-state index is -0.949. The average molecular weight is 375 g/mol. The first-order valence-corrected chi connectivity index (χ1v) is 7.23. The second-order valence-electron chi connectivity index (χ2n) is 4.09. The molecule has 0 spiro atoms. The van der Waals surface area contributed by atoms with Gasteiger partial charge < -0.3 is 10.4 Å². The molecule has 0 bridgehead atoms. The number of hydrogen-bond donors (Lipinski definition) is 2. The molecule has 2 aromatic carbocycles. The van der Waals surface area contributed by atoms with Crippen molar-refractivity contribution in [2.45, 2.75) is 6.54 Å². The second-order valence-corrected chi connectivity index (χ2v) is 5.76. The van der Waals surface area contributed by atoms with Crippen LogP contribution >= 0.6 is 39.1 Å². The molecule has 0 fully saturated rings. The summed E-state index contributed by atoms with van der Waals surface area (Å²) in [7, 11) is 0. The zero-order valence-electron chi connectivity index (χ0n) is 10.2. The maximum absolute atomic E-state index is 10.8. The number of anilines is 1. The van der Waals surface area contributed by atoms with Crippen LogP contribution in [0, 0.1) is 0 Å². The minimum absolute atomic E-state index is 0.246. The molecule has 6 heteroatoms. The Morgan fingerprint density at radius 1 is 1.15 bits per heavy atom. The lowest BCUT2D eigenvalue weighted by Gasteiger charge is -2.09. The van der Waals surface area contributed by atoms with Crippen molar-refractivity contribution in [3.63, 3.8) is 0 Å². The van der Waals surface area contributed by atoms with Crippen molar-refractivity contribution in [2.24, 2.45) is 0 Å². The fraction of sp³-hybridized carbons (Fsp3) is 0.0714. The molecule has 0 atom stereocenters. The van der Waals surface area contributed by atoms with E-state index in [9.17, 15) is 4.79 Å². The third kappa shape index (κ3) is 3.66. The van der Waals surface area contributed by atoms with Gasteiger partial charge in [0, 0.05) is 16.7 Å². The molecule has 20 heavy (non-hydrogen) atoms. The number of aromatic carboxylic acids is 1.